The molecule has 6 nitrogen and oxygen atoms in total. The minimum absolute atomic E-state index is 0.000615. The van der Waals surface area contributed by atoms with Crippen molar-refractivity contribution in [2.45, 2.75) is 26.2 Å². The Morgan fingerprint density at radius 2 is 1.81 bits per heavy atom. The Hall–Kier alpha value is -2.97. The number of benzene rings is 3. The van der Waals surface area contributed by atoms with Gasteiger partial charge in [0.05, 0.1) is 17.5 Å². The van der Waals surface area contributed by atoms with E-state index in [4.69, 9.17) is 17.0 Å². The summed E-state index contributed by atoms with van der Waals surface area (Å²) in [7, 11) is 0. The lowest BCUT2D eigenvalue weighted by Crippen LogP contribution is -2.48. The minimum Gasteiger partial charge on any atom is -0.492 e. The monoisotopic (exact) mass is 513 g/mol. The second kappa shape index (κ2) is 11.6. The van der Waals surface area contributed by atoms with Crippen LogP contribution in [0.4, 0.5) is 0 Å². The van der Waals surface area contributed by atoms with Crippen LogP contribution in [0.2, 0.25) is 0 Å². The van der Waals surface area contributed by atoms with E-state index < -0.39 is 5.91 Å². The number of thiocarbonyl (C=S) groups is 1. The Kier molecular flexibility index (Phi) is 8.58. The van der Waals surface area contributed by atoms with Crippen molar-refractivity contribution < 1.29 is 14.3 Å². The number of hydrazine groups is 1. The fourth-order valence-corrected chi connectivity index (χ4v) is 3.72. The summed E-state index contributed by atoms with van der Waals surface area (Å²) < 4.78 is 6.35. The van der Waals surface area contributed by atoms with Crippen molar-refractivity contribution in [3.8, 4) is 5.75 Å². The molecule has 166 valence electrons. The molecule has 0 heterocycles. The number of ether oxygens (including phenoxy) is 1. The predicted octanol–water partition coefficient (Wildman–Crippen LogP) is 4.66. The van der Waals surface area contributed by atoms with Crippen LogP contribution in [0, 0.1) is 0 Å². The van der Waals surface area contributed by atoms with Crippen LogP contribution in [-0.4, -0.2) is 23.5 Å². The maximum absolute atomic E-state index is 12.4. The van der Waals surface area contributed by atoms with Crippen LogP contribution < -0.4 is 20.9 Å². The van der Waals surface area contributed by atoms with Crippen LogP contribution in [0.1, 0.15) is 35.7 Å². The molecule has 3 aromatic rings. The lowest BCUT2D eigenvalue weighted by atomic mass is 10.0. The molecule has 0 radical (unpaired) electrons. The summed E-state index contributed by atoms with van der Waals surface area (Å²) in [6, 6.07) is 18.8. The second-order valence-corrected chi connectivity index (χ2v) is 8.38. The van der Waals surface area contributed by atoms with Crippen molar-refractivity contribution in [3.63, 3.8) is 0 Å². The Morgan fingerprint density at radius 3 is 2.59 bits per heavy atom. The lowest BCUT2D eigenvalue weighted by Gasteiger charge is -2.12. The van der Waals surface area contributed by atoms with Gasteiger partial charge in [0.25, 0.3) is 5.91 Å². The standard InChI is InChI=1S/C24H24BrN3O3S/c1-2-3-13-31-21-12-11-18(14-20(21)25)23(30)26-24(32)28-27-22(29)15-17-9-6-8-16-7-4-5-10-19(16)17/h4-12,14H,2-3,13,15H2,1H3,(H,27,29)(H2,26,28,30,32). The Balaban J connectivity index is 1.50. The molecule has 3 N–H and O–H groups in total. The highest BCUT2D eigenvalue weighted by Gasteiger charge is 2.12. The van der Waals surface area contributed by atoms with Crippen molar-refractivity contribution in [1.82, 2.24) is 16.2 Å². The fourth-order valence-electron chi connectivity index (χ4n) is 3.08. The van der Waals surface area contributed by atoms with E-state index in [1.54, 1.807) is 18.2 Å². The topological polar surface area (TPSA) is 79.5 Å². The van der Waals surface area contributed by atoms with Gasteiger partial charge in [-0.1, -0.05) is 55.8 Å². The number of rotatable bonds is 7. The van der Waals surface area contributed by atoms with Gasteiger partial charge in [-0.05, 0) is 69.1 Å². The minimum atomic E-state index is -0.397. The number of amides is 2. The summed E-state index contributed by atoms with van der Waals surface area (Å²) >= 11 is 8.55. The molecule has 8 heteroatoms. The number of halogens is 1. The van der Waals surface area contributed by atoms with Gasteiger partial charge < -0.3 is 4.74 Å². The average molecular weight is 514 g/mol. The quantitative estimate of drug-likeness (QED) is 0.243. The van der Waals surface area contributed by atoms with Crippen molar-refractivity contribution in [2.75, 3.05) is 6.61 Å². The molecule has 0 aliphatic rings. The molecule has 32 heavy (non-hydrogen) atoms. The van der Waals surface area contributed by atoms with Gasteiger partial charge in [-0.2, -0.15) is 0 Å². The first-order chi connectivity index (χ1) is 15.5. The zero-order valence-corrected chi connectivity index (χ0v) is 20.0. The molecule has 0 atom stereocenters. The fraction of sp³-hybridized carbons (Fsp3) is 0.208. The average Bonchev–Trinajstić information content (AvgIpc) is 2.79. The van der Waals surface area contributed by atoms with Gasteiger partial charge in [0, 0.05) is 5.56 Å². The predicted molar refractivity (Wildman–Crippen MR) is 134 cm³/mol. The number of carbonyl (C=O) groups is 2. The molecule has 0 saturated carbocycles. The molecule has 0 aromatic heterocycles. The number of unbranched alkanes of at least 4 members (excludes halogenated alkanes) is 1. The molecule has 3 aromatic carbocycles. The highest BCUT2D eigenvalue weighted by Crippen LogP contribution is 2.26. The maximum atomic E-state index is 12.4. The van der Waals surface area contributed by atoms with Crippen molar-refractivity contribution in [2.24, 2.45) is 0 Å². The van der Waals surface area contributed by atoms with Crippen LogP contribution in [-0.2, 0) is 11.2 Å². The van der Waals surface area contributed by atoms with Gasteiger partial charge in [0.2, 0.25) is 5.91 Å². The Labute approximate surface area is 200 Å². The number of nitrogens with one attached hydrogen (secondary N) is 3. The Morgan fingerprint density at radius 1 is 1.03 bits per heavy atom. The van der Waals surface area contributed by atoms with E-state index in [9.17, 15) is 9.59 Å². The van der Waals surface area contributed by atoms with Crippen LogP contribution in [0.15, 0.2) is 65.1 Å². The molecule has 0 spiro atoms. The normalized spacial score (nSPS) is 10.4. The maximum Gasteiger partial charge on any atom is 0.257 e. The SMILES string of the molecule is CCCCOc1ccc(C(=O)NC(=S)NNC(=O)Cc2cccc3ccccc23)cc1Br. The molecule has 0 aliphatic carbocycles. The van der Waals surface area contributed by atoms with Crippen LogP contribution in [0.5, 0.6) is 5.75 Å². The van der Waals surface area contributed by atoms with Crippen molar-refractivity contribution in [3.05, 3.63) is 76.3 Å². The van der Waals surface area contributed by atoms with Gasteiger partial charge in [0.1, 0.15) is 5.75 Å². The van der Waals surface area contributed by atoms with E-state index >= 15 is 0 Å². The summed E-state index contributed by atoms with van der Waals surface area (Å²) in [5.74, 6) is 0.0114. The molecule has 0 saturated heterocycles. The first kappa shape index (κ1) is 23.7. The van der Waals surface area contributed by atoms with Gasteiger partial charge in [-0.25, -0.2) is 0 Å². The molecule has 0 fully saturated rings. The van der Waals surface area contributed by atoms with Gasteiger partial charge >= 0.3 is 0 Å². The Bertz CT molecular complexity index is 1130. The zero-order chi connectivity index (χ0) is 22.9. The largest absolute Gasteiger partial charge is 0.492 e. The van der Waals surface area contributed by atoms with Crippen LogP contribution >= 0.6 is 28.1 Å². The number of carbonyl (C=O) groups excluding carboxylic acids is 2. The highest BCUT2D eigenvalue weighted by molar-refractivity contribution is 9.10. The molecule has 0 bridgehead atoms. The smallest absolute Gasteiger partial charge is 0.257 e. The summed E-state index contributed by atoms with van der Waals surface area (Å²) in [6.45, 7) is 2.71. The number of fused-ring (bicyclic) bond motifs is 1. The van der Waals surface area contributed by atoms with E-state index in [0.29, 0.717) is 22.4 Å². The molecule has 0 aliphatic heterocycles. The molecular formula is C24H24BrN3O3S. The van der Waals surface area contributed by atoms with E-state index in [1.165, 1.54) is 0 Å². The third-order valence-electron chi connectivity index (χ3n) is 4.72. The first-order valence-corrected chi connectivity index (χ1v) is 11.5. The summed E-state index contributed by atoms with van der Waals surface area (Å²) in [6.07, 6.45) is 2.18. The van der Waals surface area contributed by atoms with Gasteiger partial charge in [0.15, 0.2) is 5.11 Å². The van der Waals surface area contributed by atoms with E-state index in [2.05, 4.69) is 39.0 Å². The molecule has 2 amide bonds. The van der Waals surface area contributed by atoms with Crippen molar-refractivity contribution >= 4 is 55.8 Å². The van der Waals surface area contributed by atoms with E-state index in [0.717, 1.165) is 29.2 Å². The zero-order valence-electron chi connectivity index (χ0n) is 17.6. The molecular weight excluding hydrogens is 490 g/mol. The summed E-state index contributed by atoms with van der Waals surface area (Å²) in [5.41, 5.74) is 6.42. The van der Waals surface area contributed by atoms with Gasteiger partial charge in [-0.3, -0.25) is 25.8 Å². The highest BCUT2D eigenvalue weighted by atomic mass is 79.9. The first-order valence-electron chi connectivity index (χ1n) is 10.3. The van der Waals surface area contributed by atoms with Gasteiger partial charge in [-0.15, -0.1) is 0 Å². The second-order valence-electron chi connectivity index (χ2n) is 7.12. The number of hydrogen-bond acceptors (Lipinski definition) is 4. The van der Waals surface area contributed by atoms with E-state index in [1.807, 2.05) is 42.5 Å². The summed E-state index contributed by atoms with van der Waals surface area (Å²) in [4.78, 5) is 24.8. The summed E-state index contributed by atoms with van der Waals surface area (Å²) in [5, 5.41) is 4.64. The third-order valence-corrected chi connectivity index (χ3v) is 5.55. The molecule has 0 unspecified atom stereocenters. The van der Waals surface area contributed by atoms with Crippen molar-refractivity contribution in [1.29, 1.82) is 0 Å². The van der Waals surface area contributed by atoms with Crippen LogP contribution in [0.25, 0.3) is 10.8 Å². The number of hydrogen-bond donors (Lipinski definition) is 3. The van der Waals surface area contributed by atoms with Crippen LogP contribution in [0.3, 0.4) is 0 Å². The van der Waals surface area contributed by atoms with E-state index in [-0.39, 0.29) is 17.4 Å². The third kappa shape index (κ3) is 6.51. The lowest BCUT2D eigenvalue weighted by molar-refractivity contribution is -0.121. The molecule has 3 rings (SSSR count).